The second kappa shape index (κ2) is 10.1. The van der Waals surface area contributed by atoms with Gasteiger partial charge < -0.3 is 0 Å². The maximum atomic E-state index is 11.4. The van der Waals surface area contributed by atoms with Crippen molar-refractivity contribution in [3.8, 4) is 5.69 Å². The van der Waals surface area contributed by atoms with E-state index in [0.717, 1.165) is 24.9 Å². The van der Waals surface area contributed by atoms with Crippen molar-refractivity contribution in [2.45, 2.75) is 25.3 Å². The summed E-state index contributed by atoms with van der Waals surface area (Å²) in [6.45, 7) is 1.65. The molecule has 2 aromatic carbocycles. The van der Waals surface area contributed by atoms with Gasteiger partial charge in [-0.3, -0.25) is 25.0 Å². The Balaban J connectivity index is 1.45. The lowest BCUT2D eigenvalue weighted by Gasteiger charge is -2.24. The number of carbonyl (C=O) groups is 1. The van der Waals surface area contributed by atoms with E-state index in [0.29, 0.717) is 24.5 Å². The molecule has 0 aliphatic carbocycles. The third kappa shape index (κ3) is 5.10. The molecule has 3 aromatic rings. The number of likely N-dealkylation sites (tertiary alicyclic amines) is 1. The predicted octanol–water partition coefficient (Wildman–Crippen LogP) is 2.47. The van der Waals surface area contributed by atoms with Gasteiger partial charge in [-0.05, 0) is 53.1 Å². The van der Waals surface area contributed by atoms with Crippen LogP contribution in [0.4, 0.5) is 5.69 Å². The summed E-state index contributed by atoms with van der Waals surface area (Å²) >= 11 is 0. The molecule has 1 amide bonds. The maximum Gasteiger partial charge on any atom is 0.295 e. The van der Waals surface area contributed by atoms with E-state index in [1.807, 2.05) is 24.3 Å². The molecule has 1 aromatic heterocycles. The fraction of sp³-hybridized carbons (Fsp3) is 0.273. The standard InChI is InChI=1S/C22H23N7O4/c30-22(24-31)12-9-16-7-10-17(11-8-16)18-6-3-14-27(18)15-13-21-23-25-26-28(21)19-4-1-2-5-20(19)29(32)33/h1-2,4-5,7-12,18,31H,3,6,13-15H2,(H,24,30)/b12-9+. The van der Waals surface area contributed by atoms with E-state index in [9.17, 15) is 14.9 Å². The van der Waals surface area contributed by atoms with Gasteiger partial charge in [-0.1, -0.05) is 36.4 Å². The van der Waals surface area contributed by atoms with Crippen molar-refractivity contribution >= 4 is 17.7 Å². The third-order valence-electron chi connectivity index (χ3n) is 5.69. The largest absolute Gasteiger partial charge is 0.296 e. The second-order valence-corrected chi connectivity index (χ2v) is 7.67. The molecule has 170 valence electrons. The lowest BCUT2D eigenvalue weighted by Crippen LogP contribution is -2.26. The van der Waals surface area contributed by atoms with Crippen LogP contribution in [0.1, 0.15) is 35.8 Å². The normalized spacial score (nSPS) is 16.3. The van der Waals surface area contributed by atoms with E-state index < -0.39 is 10.8 Å². The number of rotatable bonds is 8. The van der Waals surface area contributed by atoms with Crippen LogP contribution < -0.4 is 5.48 Å². The third-order valence-corrected chi connectivity index (χ3v) is 5.69. The molecule has 0 radical (unpaired) electrons. The highest BCUT2D eigenvalue weighted by Crippen LogP contribution is 2.32. The molecule has 11 nitrogen and oxygen atoms in total. The molecule has 11 heteroatoms. The smallest absolute Gasteiger partial charge is 0.295 e. The van der Waals surface area contributed by atoms with Gasteiger partial charge in [-0.2, -0.15) is 4.68 Å². The van der Waals surface area contributed by atoms with E-state index in [4.69, 9.17) is 5.21 Å². The van der Waals surface area contributed by atoms with Crippen LogP contribution in [0.2, 0.25) is 0 Å². The SMILES string of the molecule is O=C(/C=C/c1ccc(C2CCCN2CCc2nnnn2-c2ccccc2[N+](=O)[O-])cc1)NO. The molecule has 1 saturated heterocycles. The topological polar surface area (TPSA) is 139 Å². The van der Waals surface area contributed by atoms with Crippen molar-refractivity contribution < 1.29 is 14.9 Å². The molecule has 1 atom stereocenters. The summed E-state index contributed by atoms with van der Waals surface area (Å²) in [6.07, 6.45) is 5.53. The molecule has 2 N–H and O–H groups in total. The van der Waals surface area contributed by atoms with Crippen molar-refractivity contribution in [3.63, 3.8) is 0 Å². The molecule has 1 fully saturated rings. The molecule has 0 saturated carbocycles. The van der Waals surface area contributed by atoms with E-state index in [1.54, 1.807) is 29.8 Å². The summed E-state index contributed by atoms with van der Waals surface area (Å²) in [5.41, 5.74) is 3.90. The summed E-state index contributed by atoms with van der Waals surface area (Å²) in [5.74, 6) is -0.0122. The van der Waals surface area contributed by atoms with Crippen LogP contribution in [-0.4, -0.2) is 54.2 Å². The molecular weight excluding hydrogens is 426 g/mol. The van der Waals surface area contributed by atoms with Crippen LogP contribution >= 0.6 is 0 Å². The van der Waals surface area contributed by atoms with Gasteiger partial charge >= 0.3 is 0 Å². The summed E-state index contributed by atoms with van der Waals surface area (Å²) in [6, 6.07) is 14.6. The zero-order chi connectivity index (χ0) is 23.2. The van der Waals surface area contributed by atoms with Crippen LogP contribution in [0.5, 0.6) is 0 Å². The number of carbonyl (C=O) groups excluding carboxylic acids is 1. The number of nitrogens with zero attached hydrogens (tertiary/aromatic N) is 6. The number of benzene rings is 2. The molecule has 0 spiro atoms. The quantitative estimate of drug-likeness (QED) is 0.231. The van der Waals surface area contributed by atoms with E-state index in [2.05, 4.69) is 20.4 Å². The van der Waals surface area contributed by atoms with Crippen molar-refractivity contribution in [2.24, 2.45) is 0 Å². The first-order valence-electron chi connectivity index (χ1n) is 10.5. The van der Waals surface area contributed by atoms with E-state index in [1.165, 1.54) is 22.4 Å². The highest BCUT2D eigenvalue weighted by atomic mass is 16.6. The van der Waals surface area contributed by atoms with Gasteiger partial charge in [0, 0.05) is 31.1 Å². The summed E-state index contributed by atoms with van der Waals surface area (Å²) in [5, 5.41) is 31.8. The van der Waals surface area contributed by atoms with Gasteiger partial charge in [-0.15, -0.1) is 5.10 Å². The number of tetrazole rings is 1. The average molecular weight is 449 g/mol. The molecule has 0 bridgehead atoms. The lowest BCUT2D eigenvalue weighted by molar-refractivity contribution is -0.384. The summed E-state index contributed by atoms with van der Waals surface area (Å²) in [4.78, 5) is 24.5. The fourth-order valence-electron chi connectivity index (χ4n) is 4.10. The lowest BCUT2D eigenvalue weighted by atomic mass is 10.0. The van der Waals surface area contributed by atoms with Crippen molar-refractivity contribution in [1.29, 1.82) is 0 Å². The Morgan fingerprint density at radius 3 is 2.79 bits per heavy atom. The Morgan fingerprint density at radius 2 is 2.03 bits per heavy atom. The van der Waals surface area contributed by atoms with Gasteiger partial charge in [-0.25, -0.2) is 5.48 Å². The number of nitrogens with one attached hydrogen (secondary N) is 1. The zero-order valence-electron chi connectivity index (χ0n) is 17.7. The number of nitro benzene ring substituents is 1. The minimum Gasteiger partial charge on any atom is -0.296 e. The molecule has 2 heterocycles. The number of nitro groups is 1. The van der Waals surface area contributed by atoms with Gasteiger partial charge in [0.2, 0.25) is 0 Å². The molecule has 1 aliphatic heterocycles. The summed E-state index contributed by atoms with van der Waals surface area (Å²) < 4.78 is 1.44. The van der Waals surface area contributed by atoms with Crippen LogP contribution in [0.25, 0.3) is 11.8 Å². The summed E-state index contributed by atoms with van der Waals surface area (Å²) in [7, 11) is 0. The average Bonchev–Trinajstić information content (AvgIpc) is 3.51. The fourth-order valence-corrected chi connectivity index (χ4v) is 4.10. The number of para-hydroxylation sites is 2. The van der Waals surface area contributed by atoms with E-state index >= 15 is 0 Å². The Bertz CT molecular complexity index is 1160. The Labute approximate surface area is 189 Å². The minimum atomic E-state index is -0.579. The Morgan fingerprint density at radius 1 is 1.24 bits per heavy atom. The van der Waals surface area contributed by atoms with Crippen LogP contribution in [-0.2, 0) is 11.2 Å². The first-order chi connectivity index (χ1) is 16.1. The van der Waals surface area contributed by atoms with Crippen LogP contribution in [0, 0.1) is 10.1 Å². The number of hydrogen-bond donors (Lipinski definition) is 2. The highest BCUT2D eigenvalue weighted by molar-refractivity contribution is 5.90. The molecular formula is C22H23N7O4. The molecule has 1 aliphatic rings. The predicted molar refractivity (Wildman–Crippen MR) is 118 cm³/mol. The van der Waals surface area contributed by atoms with Crippen LogP contribution in [0.15, 0.2) is 54.6 Å². The molecule has 1 unspecified atom stereocenters. The van der Waals surface area contributed by atoms with Gasteiger partial charge in [0.05, 0.1) is 4.92 Å². The highest BCUT2D eigenvalue weighted by Gasteiger charge is 2.26. The minimum absolute atomic E-state index is 0.0456. The van der Waals surface area contributed by atoms with Crippen molar-refractivity contribution in [2.75, 3.05) is 13.1 Å². The first kappa shape index (κ1) is 22.2. The van der Waals surface area contributed by atoms with Crippen LogP contribution in [0.3, 0.4) is 0 Å². The van der Waals surface area contributed by atoms with Crippen molar-refractivity contribution in [3.05, 3.63) is 81.7 Å². The van der Waals surface area contributed by atoms with Gasteiger partial charge in [0.15, 0.2) is 5.82 Å². The number of hydroxylamine groups is 1. The van der Waals surface area contributed by atoms with Crippen molar-refractivity contribution in [1.82, 2.24) is 30.6 Å². The Kier molecular flexibility index (Phi) is 6.81. The number of amides is 1. The maximum absolute atomic E-state index is 11.4. The number of aromatic nitrogens is 4. The van der Waals surface area contributed by atoms with Gasteiger partial charge in [0.25, 0.3) is 11.6 Å². The Hall–Kier alpha value is -3.96. The zero-order valence-corrected chi connectivity index (χ0v) is 17.7. The monoisotopic (exact) mass is 449 g/mol. The molecule has 4 rings (SSSR count). The van der Waals surface area contributed by atoms with E-state index in [-0.39, 0.29) is 11.7 Å². The first-order valence-corrected chi connectivity index (χ1v) is 10.5. The second-order valence-electron chi connectivity index (χ2n) is 7.67. The van der Waals surface area contributed by atoms with Gasteiger partial charge in [0.1, 0.15) is 5.69 Å². The molecule has 33 heavy (non-hydrogen) atoms. The number of hydrogen-bond acceptors (Lipinski definition) is 8.